The molecule has 2 atom stereocenters. The van der Waals surface area contributed by atoms with E-state index in [1.165, 1.54) is 13.5 Å². The van der Waals surface area contributed by atoms with E-state index >= 15 is 0 Å². The Morgan fingerprint density at radius 3 is 2.93 bits per heavy atom. The number of carbonyl (C=O) groups is 1. The average Bonchev–Trinajstić information content (AvgIpc) is 2.16. The Kier molecular flexibility index (Phi) is 4.35. The van der Waals surface area contributed by atoms with Crippen LogP contribution in [0.2, 0.25) is 0 Å². The molecule has 1 fully saturated rings. The SMILES string of the molecule is COC(=O)C(C)NC1CCCN(C)C1. The molecule has 0 aliphatic carbocycles. The lowest BCUT2D eigenvalue weighted by Gasteiger charge is -2.31. The molecule has 0 aromatic heterocycles. The van der Waals surface area contributed by atoms with Crippen molar-refractivity contribution in [3.05, 3.63) is 0 Å². The number of likely N-dealkylation sites (tertiary alicyclic amines) is 1. The molecule has 14 heavy (non-hydrogen) atoms. The first-order chi connectivity index (χ1) is 6.63. The number of hydrogen-bond donors (Lipinski definition) is 1. The van der Waals surface area contributed by atoms with Crippen molar-refractivity contribution < 1.29 is 9.53 Å². The second-order valence-corrected chi connectivity index (χ2v) is 4.01. The molecule has 1 heterocycles. The van der Waals surface area contributed by atoms with Gasteiger partial charge in [-0.25, -0.2) is 0 Å². The Bertz CT molecular complexity index is 197. The molecule has 0 aromatic carbocycles. The number of nitrogens with zero attached hydrogens (tertiary/aromatic N) is 1. The van der Waals surface area contributed by atoms with Crippen molar-refractivity contribution in [2.45, 2.75) is 31.8 Å². The summed E-state index contributed by atoms with van der Waals surface area (Å²) in [6.07, 6.45) is 2.34. The second kappa shape index (κ2) is 5.32. The zero-order valence-electron chi connectivity index (χ0n) is 9.25. The molecule has 1 aliphatic rings. The quantitative estimate of drug-likeness (QED) is 0.662. The van der Waals surface area contributed by atoms with Crippen molar-refractivity contribution in [3.63, 3.8) is 0 Å². The van der Waals surface area contributed by atoms with Crippen molar-refractivity contribution in [3.8, 4) is 0 Å². The van der Waals surface area contributed by atoms with E-state index in [0.717, 1.165) is 19.5 Å². The highest BCUT2D eigenvalue weighted by atomic mass is 16.5. The van der Waals surface area contributed by atoms with E-state index in [2.05, 4.69) is 22.0 Å². The number of methoxy groups -OCH3 is 1. The summed E-state index contributed by atoms with van der Waals surface area (Å²) in [5.41, 5.74) is 0. The van der Waals surface area contributed by atoms with Gasteiger partial charge in [0.1, 0.15) is 6.04 Å². The van der Waals surface area contributed by atoms with E-state index in [1.54, 1.807) is 0 Å². The normalized spacial score (nSPS) is 25.8. The minimum absolute atomic E-state index is 0.182. The van der Waals surface area contributed by atoms with Gasteiger partial charge in [0.25, 0.3) is 0 Å². The number of esters is 1. The van der Waals surface area contributed by atoms with Crippen LogP contribution >= 0.6 is 0 Å². The van der Waals surface area contributed by atoms with Crippen LogP contribution in [0.15, 0.2) is 0 Å². The Morgan fingerprint density at radius 2 is 2.36 bits per heavy atom. The molecule has 1 rings (SSSR count). The van der Waals surface area contributed by atoms with Crippen molar-refractivity contribution in [2.75, 3.05) is 27.2 Å². The van der Waals surface area contributed by atoms with Gasteiger partial charge in [0.15, 0.2) is 0 Å². The number of likely N-dealkylation sites (N-methyl/N-ethyl adjacent to an activating group) is 1. The van der Waals surface area contributed by atoms with Gasteiger partial charge in [-0.1, -0.05) is 0 Å². The van der Waals surface area contributed by atoms with Crippen molar-refractivity contribution in [1.82, 2.24) is 10.2 Å². The summed E-state index contributed by atoms with van der Waals surface area (Å²) in [4.78, 5) is 13.5. The lowest BCUT2D eigenvalue weighted by Crippen LogP contribution is -2.49. The molecule has 2 unspecified atom stereocenters. The maximum Gasteiger partial charge on any atom is 0.322 e. The van der Waals surface area contributed by atoms with Crippen LogP contribution < -0.4 is 5.32 Å². The average molecular weight is 200 g/mol. The van der Waals surface area contributed by atoms with Gasteiger partial charge in [-0.3, -0.25) is 4.79 Å². The van der Waals surface area contributed by atoms with Crippen LogP contribution in [0.25, 0.3) is 0 Å². The van der Waals surface area contributed by atoms with Gasteiger partial charge in [-0.15, -0.1) is 0 Å². The van der Waals surface area contributed by atoms with Gasteiger partial charge in [-0.05, 0) is 33.4 Å². The smallest absolute Gasteiger partial charge is 0.322 e. The first kappa shape index (κ1) is 11.5. The first-order valence-corrected chi connectivity index (χ1v) is 5.16. The highest BCUT2D eigenvalue weighted by Crippen LogP contribution is 2.08. The minimum Gasteiger partial charge on any atom is -0.468 e. The molecule has 82 valence electrons. The highest BCUT2D eigenvalue weighted by molar-refractivity contribution is 5.75. The van der Waals surface area contributed by atoms with Crippen LogP contribution in [-0.2, 0) is 9.53 Å². The summed E-state index contributed by atoms with van der Waals surface area (Å²) in [5, 5.41) is 3.28. The zero-order valence-corrected chi connectivity index (χ0v) is 9.25. The molecule has 1 N–H and O–H groups in total. The minimum atomic E-state index is -0.198. The number of hydrogen-bond acceptors (Lipinski definition) is 4. The van der Waals surface area contributed by atoms with Gasteiger partial charge in [0.05, 0.1) is 7.11 Å². The van der Waals surface area contributed by atoms with Gasteiger partial charge in [0, 0.05) is 12.6 Å². The summed E-state index contributed by atoms with van der Waals surface area (Å²) in [5.74, 6) is -0.182. The molecule has 0 aromatic rings. The fourth-order valence-electron chi connectivity index (χ4n) is 1.90. The second-order valence-electron chi connectivity index (χ2n) is 4.01. The summed E-state index contributed by atoms with van der Waals surface area (Å²) < 4.78 is 4.67. The molecule has 0 amide bonds. The Labute approximate surface area is 85.6 Å². The Balaban J connectivity index is 2.32. The Hall–Kier alpha value is -0.610. The van der Waals surface area contributed by atoms with Crippen LogP contribution in [0, 0.1) is 0 Å². The molecule has 4 nitrogen and oxygen atoms in total. The third-order valence-electron chi connectivity index (χ3n) is 2.66. The molecule has 1 saturated heterocycles. The Morgan fingerprint density at radius 1 is 1.64 bits per heavy atom. The third-order valence-corrected chi connectivity index (χ3v) is 2.66. The number of ether oxygens (including phenoxy) is 1. The van der Waals surface area contributed by atoms with Gasteiger partial charge in [0.2, 0.25) is 0 Å². The van der Waals surface area contributed by atoms with Crippen molar-refractivity contribution in [2.24, 2.45) is 0 Å². The largest absolute Gasteiger partial charge is 0.468 e. The van der Waals surface area contributed by atoms with E-state index in [1.807, 2.05) is 6.92 Å². The maximum absolute atomic E-state index is 11.2. The summed E-state index contributed by atoms with van der Waals surface area (Å²) in [7, 11) is 3.53. The van der Waals surface area contributed by atoms with Gasteiger partial charge < -0.3 is 15.0 Å². The summed E-state index contributed by atoms with van der Waals surface area (Å²) >= 11 is 0. The standard InChI is InChI=1S/C10H20N2O2/c1-8(10(13)14-3)11-9-5-4-6-12(2)7-9/h8-9,11H,4-7H2,1-3H3. The van der Waals surface area contributed by atoms with Gasteiger partial charge >= 0.3 is 5.97 Å². The molecule has 0 radical (unpaired) electrons. The third kappa shape index (κ3) is 3.27. The summed E-state index contributed by atoms with van der Waals surface area (Å²) in [6, 6.07) is 0.222. The molecular formula is C10H20N2O2. The monoisotopic (exact) mass is 200 g/mol. The lowest BCUT2D eigenvalue weighted by molar-refractivity contribution is -0.142. The van der Waals surface area contributed by atoms with E-state index in [-0.39, 0.29) is 12.0 Å². The fourth-order valence-corrected chi connectivity index (χ4v) is 1.90. The van der Waals surface area contributed by atoms with E-state index < -0.39 is 0 Å². The number of piperidine rings is 1. The topological polar surface area (TPSA) is 41.6 Å². The maximum atomic E-state index is 11.2. The molecule has 4 heteroatoms. The molecule has 0 spiro atoms. The van der Waals surface area contributed by atoms with Crippen LogP contribution in [0.5, 0.6) is 0 Å². The van der Waals surface area contributed by atoms with Crippen molar-refractivity contribution >= 4 is 5.97 Å². The fraction of sp³-hybridized carbons (Fsp3) is 0.900. The van der Waals surface area contributed by atoms with Crippen molar-refractivity contribution in [1.29, 1.82) is 0 Å². The van der Waals surface area contributed by atoms with E-state index in [0.29, 0.717) is 6.04 Å². The van der Waals surface area contributed by atoms with Gasteiger partial charge in [-0.2, -0.15) is 0 Å². The van der Waals surface area contributed by atoms with E-state index in [9.17, 15) is 4.79 Å². The number of rotatable bonds is 3. The van der Waals surface area contributed by atoms with Crippen LogP contribution in [0.4, 0.5) is 0 Å². The highest BCUT2D eigenvalue weighted by Gasteiger charge is 2.21. The lowest BCUT2D eigenvalue weighted by atomic mass is 10.1. The molecule has 1 aliphatic heterocycles. The summed E-state index contributed by atoms with van der Waals surface area (Å²) in [6.45, 7) is 4.02. The van der Waals surface area contributed by atoms with Crippen LogP contribution in [-0.4, -0.2) is 50.2 Å². The van der Waals surface area contributed by atoms with Crippen LogP contribution in [0.1, 0.15) is 19.8 Å². The number of carbonyl (C=O) groups excluding carboxylic acids is 1. The van der Waals surface area contributed by atoms with E-state index in [4.69, 9.17) is 0 Å². The predicted octanol–water partition coefficient (Wildman–Crippen LogP) is 0.232. The molecular weight excluding hydrogens is 180 g/mol. The zero-order chi connectivity index (χ0) is 10.6. The first-order valence-electron chi connectivity index (χ1n) is 5.16. The predicted molar refractivity (Wildman–Crippen MR) is 55.1 cm³/mol. The molecule has 0 saturated carbocycles. The number of nitrogens with one attached hydrogen (secondary N) is 1. The van der Waals surface area contributed by atoms with Crippen LogP contribution in [0.3, 0.4) is 0 Å². The molecule has 0 bridgehead atoms.